The van der Waals surface area contributed by atoms with Crippen molar-refractivity contribution in [2.45, 2.75) is 18.6 Å². The number of hydrogen-bond acceptors (Lipinski definition) is 4. The number of allylic oxidation sites excluding steroid dienone is 4. The molecule has 5 rings (SSSR count). The van der Waals surface area contributed by atoms with Crippen molar-refractivity contribution in [1.29, 1.82) is 0 Å². The van der Waals surface area contributed by atoms with E-state index in [1.54, 1.807) is 0 Å². The van der Waals surface area contributed by atoms with Crippen LogP contribution in [0.2, 0.25) is 0 Å². The summed E-state index contributed by atoms with van der Waals surface area (Å²) in [4.78, 5) is 17.5. The molecule has 2 atom stereocenters. The highest BCUT2D eigenvalue weighted by molar-refractivity contribution is 5.92. The van der Waals surface area contributed by atoms with Crippen molar-refractivity contribution in [3.05, 3.63) is 95.6 Å². The average molecular weight is 383 g/mol. The number of methoxy groups -OCH3 is 1. The molecule has 2 unspecified atom stereocenters. The van der Waals surface area contributed by atoms with Gasteiger partial charge in [-0.05, 0) is 24.1 Å². The zero-order valence-electron chi connectivity index (χ0n) is 16.4. The second kappa shape index (κ2) is 7.32. The van der Waals surface area contributed by atoms with E-state index in [0.29, 0.717) is 6.42 Å². The maximum Gasteiger partial charge on any atom is 0.323 e. The normalized spacial score (nSPS) is 20.6. The van der Waals surface area contributed by atoms with E-state index in [9.17, 15) is 4.79 Å². The number of esters is 1. The van der Waals surface area contributed by atoms with Gasteiger partial charge in [-0.15, -0.1) is 0 Å². The summed E-state index contributed by atoms with van der Waals surface area (Å²) in [7, 11) is 1.48. The molecule has 144 valence electrons. The molecular weight excluding hydrogens is 360 g/mol. The third-order valence-corrected chi connectivity index (χ3v) is 6.00. The van der Waals surface area contributed by atoms with Gasteiger partial charge in [0.1, 0.15) is 12.2 Å². The van der Waals surface area contributed by atoms with Crippen molar-refractivity contribution in [1.82, 2.24) is 4.90 Å². The topological polar surface area (TPSA) is 32.8 Å². The second-order valence-electron chi connectivity index (χ2n) is 7.55. The fourth-order valence-electron chi connectivity index (χ4n) is 4.72. The van der Waals surface area contributed by atoms with Crippen LogP contribution in [0, 0.1) is 6.08 Å². The van der Waals surface area contributed by atoms with Crippen LogP contribution >= 0.6 is 0 Å². The zero-order valence-corrected chi connectivity index (χ0v) is 16.4. The van der Waals surface area contributed by atoms with E-state index in [4.69, 9.17) is 4.74 Å². The highest BCUT2D eigenvalue weighted by atomic mass is 16.5. The Kier molecular flexibility index (Phi) is 4.51. The molecule has 0 saturated carbocycles. The van der Waals surface area contributed by atoms with Gasteiger partial charge < -0.3 is 9.64 Å². The molecule has 4 heteroatoms. The van der Waals surface area contributed by atoms with Crippen molar-refractivity contribution in [2.75, 3.05) is 25.1 Å². The SMILES string of the molecule is COC(=O)C(Cc1ccccc1)N1CCN2c3ccccc3C3=[C+]C=CC=C3C21. The van der Waals surface area contributed by atoms with Crippen LogP contribution in [0.15, 0.2) is 78.4 Å². The minimum Gasteiger partial charge on any atom is -0.468 e. The Labute approximate surface area is 171 Å². The molecular formula is C25H23N2O2+. The largest absolute Gasteiger partial charge is 0.468 e. The summed E-state index contributed by atoms with van der Waals surface area (Å²) in [5.41, 5.74) is 5.87. The quantitative estimate of drug-likeness (QED) is 0.596. The Hall–Kier alpha value is -3.20. The number of anilines is 1. The maximum atomic E-state index is 12.8. The molecule has 29 heavy (non-hydrogen) atoms. The van der Waals surface area contributed by atoms with Gasteiger partial charge >= 0.3 is 5.97 Å². The molecule has 2 aromatic rings. The summed E-state index contributed by atoms with van der Waals surface area (Å²) in [6.07, 6.45) is 10.2. The van der Waals surface area contributed by atoms with Crippen molar-refractivity contribution in [3.8, 4) is 0 Å². The third kappa shape index (κ3) is 2.98. The number of carbonyl (C=O) groups excluding carboxylic acids is 1. The Morgan fingerprint density at radius 2 is 1.93 bits per heavy atom. The molecule has 4 nitrogen and oxygen atoms in total. The highest BCUT2D eigenvalue weighted by Gasteiger charge is 2.49. The second-order valence-corrected chi connectivity index (χ2v) is 7.55. The number of rotatable bonds is 4. The van der Waals surface area contributed by atoms with Crippen LogP contribution in [0.1, 0.15) is 11.1 Å². The summed E-state index contributed by atoms with van der Waals surface area (Å²) in [6.45, 7) is 1.68. The molecule has 0 spiro atoms. The number of benzene rings is 2. The standard InChI is InChI=1S/C25H23N2O2/c1-29-25(28)23(17-18-9-3-2-4-10-18)27-16-15-26-22-14-8-7-12-20(22)19-11-5-6-13-21(19)24(26)27/h2-10,12-14,23-24H,15-17H2,1H3/q+1. The minimum atomic E-state index is -0.337. The maximum absolute atomic E-state index is 12.8. The van der Waals surface area contributed by atoms with Crippen LogP contribution in [0.25, 0.3) is 5.57 Å². The average Bonchev–Trinajstić information content (AvgIpc) is 3.23. The Bertz CT molecular complexity index is 1020. The fraction of sp³-hybridized carbons (Fsp3) is 0.240. The molecule has 0 amide bonds. The number of ether oxygens (including phenoxy) is 1. The predicted molar refractivity (Wildman–Crippen MR) is 114 cm³/mol. The van der Waals surface area contributed by atoms with Gasteiger partial charge in [0.25, 0.3) is 0 Å². The van der Waals surface area contributed by atoms with E-state index >= 15 is 0 Å². The monoisotopic (exact) mass is 383 g/mol. The molecule has 1 fully saturated rings. The molecule has 0 bridgehead atoms. The third-order valence-electron chi connectivity index (χ3n) is 6.00. The Morgan fingerprint density at radius 1 is 1.14 bits per heavy atom. The molecule has 0 aromatic heterocycles. The van der Waals surface area contributed by atoms with Crippen LogP contribution in [0.3, 0.4) is 0 Å². The van der Waals surface area contributed by atoms with Gasteiger partial charge in [0, 0.05) is 31.3 Å². The summed E-state index contributed by atoms with van der Waals surface area (Å²) < 4.78 is 5.23. The van der Waals surface area contributed by atoms with E-state index in [2.05, 4.69) is 58.4 Å². The number of nitrogens with zero attached hydrogens (tertiary/aromatic N) is 2. The van der Waals surface area contributed by atoms with Gasteiger partial charge in [-0.1, -0.05) is 42.5 Å². The summed E-state index contributed by atoms with van der Waals surface area (Å²) in [5.74, 6) is -0.184. The van der Waals surface area contributed by atoms with Crippen LogP contribution in [-0.4, -0.2) is 43.3 Å². The molecule has 1 aliphatic carbocycles. The van der Waals surface area contributed by atoms with Crippen molar-refractivity contribution in [2.24, 2.45) is 0 Å². The van der Waals surface area contributed by atoms with Gasteiger partial charge in [-0.25, -0.2) is 0 Å². The van der Waals surface area contributed by atoms with E-state index in [-0.39, 0.29) is 18.2 Å². The van der Waals surface area contributed by atoms with Gasteiger partial charge in [0.15, 0.2) is 5.57 Å². The van der Waals surface area contributed by atoms with Crippen LogP contribution in [0.4, 0.5) is 5.69 Å². The van der Waals surface area contributed by atoms with Crippen molar-refractivity contribution < 1.29 is 9.53 Å². The fourth-order valence-corrected chi connectivity index (χ4v) is 4.72. The first-order valence-corrected chi connectivity index (χ1v) is 10.0. The van der Waals surface area contributed by atoms with Crippen molar-refractivity contribution in [3.63, 3.8) is 0 Å². The van der Waals surface area contributed by atoms with Gasteiger partial charge in [0.2, 0.25) is 0 Å². The predicted octanol–water partition coefficient (Wildman–Crippen LogP) is 3.62. The first-order valence-electron chi connectivity index (χ1n) is 10.0. The van der Waals surface area contributed by atoms with Gasteiger partial charge in [-0.2, -0.15) is 0 Å². The van der Waals surface area contributed by atoms with E-state index in [1.807, 2.05) is 30.4 Å². The number of fused-ring (bicyclic) bond motifs is 6. The van der Waals surface area contributed by atoms with Gasteiger partial charge in [-0.3, -0.25) is 9.69 Å². The molecule has 2 aliphatic heterocycles. The first kappa shape index (κ1) is 17.9. The van der Waals surface area contributed by atoms with Crippen LogP contribution in [0.5, 0.6) is 0 Å². The molecule has 3 aliphatic rings. The molecule has 1 saturated heterocycles. The number of carbonyl (C=O) groups is 1. The highest BCUT2D eigenvalue weighted by Crippen LogP contribution is 2.45. The lowest BCUT2D eigenvalue weighted by Gasteiger charge is -2.38. The number of para-hydroxylation sites is 1. The summed E-state index contributed by atoms with van der Waals surface area (Å²) >= 11 is 0. The summed E-state index contributed by atoms with van der Waals surface area (Å²) in [5, 5.41) is 0. The molecule has 2 heterocycles. The molecule has 0 radical (unpaired) electrons. The lowest BCUT2D eigenvalue weighted by Crippen LogP contribution is -2.51. The van der Waals surface area contributed by atoms with Crippen LogP contribution in [-0.2, 0) is 16.0 Å². The zero-order chi connectivity index (χ0) is 19.8. The van der Waals surface area contributed by atoms with Gasteiger partial charge in [0.05, 0.1) is 30.0 Å². The smallest absolute Gasteiger partial charge is 0.323 e. The number of hydrogen-bond donors (Lipinski definition) is 0. The minimum absolute atomic E-state index is 0.00478. The first-order chi connectivity index (χ1) is 14.3. The van der Waals surface area contributed by atoms with E-state index in [1.165, 1.54) is 23.9 Å². The molecule has 0 N–H and O–H groups in total. The Morgan fingerprint density at radius 3 is 2.76 bits per heavy atom. The lowest BCUT2D eigenvalue weighted by atomic mass is 9.86. The van der Waals surface area contributed by atoms with Crippen molar-refractivity contribution >= 4 is 17.2 Å². The van der Waals surface area contributed by atoms with Crippen LogP contribution < -0.4 is 4.90 Å². The van der Waals surface area contributed by atoms with E-state index in [0.717, 1.165) is 24.2 Å². The Balaban J connectivity index is 1.57. The lowest BCUT2D eigenvalue weighted by molar-refractivity contribution is -0.147. The van der Waals surface area contributed by atoms with E-state index < -0.39 is 0 Å². The molecule has 2 aromatic carbocycles. The summed E-state index contributed by atoms with van der Waals surface area (Å²) in [6, 6.07) is 18.3.